The van der Waals surface area contributed by atoms with Gasteiger partial charge in [0.2, 0.25) is 0 Å². The second kappa shape index (κ2) is 11.4. The second-order valence-electron chi connectivity index (χ2n) is 10.3. The maximum atomic E-state index is 12.8. The highest BCUT2D eigenvalue weighted by Crippen LogP contribution is 2.28. The molecule has 38 heavy (non-hydrogen) atoms. The highest BCUT2D eigenvalue weighted by atomic mass is 16.3. The first kappa shape index (κ1) is 25.9. The summed E-state index contributed by atoms with van der Waals surface area (Å²) < 4.78 is 0. The summed E-state index contributed by atoms with van der Waals surface area (Å²) in [6.45, 7) is 4.79. The molecule has 3 N–H and O–H groups in total. The first-order valence-corrected chi connectivity index (χ1v) is 13.4. The molecule has 0 saturated carbocycles. The zero-order chi connectivity index (χ0) is 26.6. The second-order valence-corrected chi connectivity index (χ2v) is 10.3. The van der Waals surface area contributed by atoms with Gasteiger partial charge in [0.05, 0.1) is 6.04 Å². The number of carbonyl (C=O) groups excluding carboxylic acids is 2. The lowest BCUT2D eigenvalue weighted by Gasteiger charge is -2.31. The molecule has 2 amide bonds. The standard InChI is InChI=1S/C31H35N3O4/c1-21(22-11-13-24(14-12-22)25-9-6-10-27(19-25)33-16-4-5-17-33)32-30(37)28(35)29(36)31(38)34-18-15-23-7-2-3-8-26(23)20-34/h2-3,6-14,19,21,28-29,35-36H,4-5,15-18,20H2,1H3,(H,32,37)/t21?,28-,29-/m1/s1. The van der Waals surface area contributed by atoms with Crippen molar-refractivity contribution >= 4 is 17.5 Å². The van der Waals surface area contributed by atoms with E-state index in [1.165, 1.54) is 29.0 Å². The number of carbonyl (C=O) groups is 2. The smallest absolute Gasteiger partial charge is 0.255 e. The maximum Gasteiger partial charge on any atom is 0.255 e. The summed E-state index contributed by atoms with van der Waals surface area (Å²) in [7, 11) is 0. The molecule has 198 valence electrons. The highest BCUT2D eigenvalue weighted by molar-refractivity contribution is 5.91. The number of aliphatic hydroxyl groups excluding tert-OH is 2. The Balaban J connectivity index is 1.18. The van der Waals surface area contributed by atoms with E-state index >= 15 is 0 Å². The summed E-state index contributed by atoms with van der Waals surface area (Å²) in [5.74, 6) is -1.42. The van der Waals surface area contributed by atoms with Gasteiger partial charge in [-0.25, -0.2) is 0 Å². The molecule has 0 aromatic heterocycles. The van der Waals surface area contributed by atoms with Crippen LogP contribution in [0.3, 0.4) is 0 Å². The zero-order valence-electron chi connectivity index (χ0n) is 21.7. The van der Waals surface area contributed by atoms with Crippen LogP contribution in [-0.2, 0) is 22.6 Å². The summed E-state index contributed by atoms with van der Waals surface area (Å²) in [5.41, 5.74) is 6.49. The predicted molar refractivity (Wildman–Crippen MR) is 147 cm³/mol. The topological polar surface area (TPSA) is 93.1 Å². The fourth-order valence-electron chi connectivity index (χ4n) is 5.35. The van der Waals surface area contributed by atoms with Crippen LogP contribution in [0.4, 0.5) is 5.69 Å². The Labute approximate surface area is 223 Å². The molecule has 0 radical (unpaired) electrons. The van der Waals surface area contributed by atoms with Gasteiger partial charge in [0.25, 0.3) is 11.8 Å². The van der Waals surface area contributed by atoms with Gasteiger partial charge in [-0.2, -0.15) is 0 Å². The van der Waals surface area contributed by atoms with Crippen LogP contribution in [-0.4, -0.2) is 58.8 Å². The van der Waals surface area contributed by atoms with Crippen LogP contribution in [0.25, 0.3) is 11.1 Å². The van der Waals surface area contributed by atoms with Crippen molar-refractivity contribution in [3.8, 4) is 11.1 Å². The van der Waals surface area contributed by atoms with E-state index in [2.05, 4.69) is 34.5 Å². The van der Waals surface area contributed by atoms with Gasteiger partial charge in [-0.3, -0.25) is 9.59 Å². The molecule has 0 spiro atoms. The van der Waals surface area contributed by atoms with E-state index in [4.69, 9.17) is 0 Å². The summed E-state index contributed by atoms with van der Waals surface area (Å²) in [5, 5.41) is 23.7. The molecule has 0 aliphatic carbocycles. The van der Waals surface area contributed by atoms with E-state index in [9.17, 15) is 19.8 Å². The Morgan fingerprint density at radius 2 is 1.53 bits per heavy atom. The Morgan fingerprint density at radius 1 is 0.816 bits per heavy atom. The minimum Gasteiger partial charge on any atom is -0.380 e. The van der Waals surface area contributed by atoms with Crippen molar-refractivity contribution in [2.75, 3.05) is 24.5 Å². The SMILES string of the molecule is CC(NC(=O)[C@H](O)[C@@H](O)C(=O)N1CCc2ccccc2C1)c1ccc(-c2cccc(N3CCCC3)c2)cc1. The number of hydrogen-bond donors (Lipinski definition) is 3. The molecule has 3 aromatic rings. The molecule has 2 heterocycles. The lowest BCUT2D eigenvalue weighted by Crippen LogP contribution is -2.51. The van der Waals surface area contributed by atoms with Crippen molar-refractivity contribution in [2.45, 2.75) is 51.0 Å². The van der Waals surface area contributed by atoms with Crippen LogP contribution in [0.2, 0.25) is 0 Å². The fraction of sp³-hybridized carbons (Fsp3) is 0.355. The number of hydrogen-bond acceptors (Lipinski definition) is 5. The number of aliphatic hydroxyl groups is 2. The third-order valence-corrected chi connectivity index (χ3v) is 7.68. The van der Waals surface area contributed by atoms with Gasteiger partial charge in [-0.1, -0.05) is 60.7 Å². The quantitative estimate of drug-likeness (QED) is 0.450. The average molecular weight is 514 g/mol. The van der Waals surface area contributed by atoms with E-state index in [0.29, 0.717) is 19.5 Å². The summed E-state index contributed by atoms with van der Waals surface area (Å²) in [6.07, 6.45) is -0.538. The molecule has 3 atom stereocenters. The number of anilines is 1. The van der Waals surface area contributed by atoms with Crippen LogP contribution in [0, 0.1) is 0 Å². The van der Waals surface area contributed by atoms with Crippen molar-refractivity contribution in [1.82, 2.24) is 10.2 Å². The lowest BCUT2D eigenvalue weighted by atomic mass is 9.99. The monoisotopic (exact) mass is 513 g/mol. The predicted octanol–water partition coefficient (Wildman–Crippen LogP) is 3.44. The molecule has 2 aliphatic rings. The number of nitrogens with one attached hydrogen (secondary N) is 1. The molecule has 5 rings (SSSR count). The summed E-state index contributed by atoms with van der Waals surface area (Å²) >= 11 is 0. The average Bonchev–Trinajstić information content (AvgIpc) is 3.51. The largest absolute Gasteiger partial charge is 0.380 e. The molecular formula is C31H35N3O4. The number of rotatable bonds is 7. The van der Waals surface area contributed by atoms with Gasteiger partial charge in [0, 0.05) is 31.9 Å². The van der Waals surface area contributed by atoms with Gasteiger partial charge in [-0.05, 0) is 66.1 Å². The van der Waals surface area contributed by atoms with Gasteiger partial charge in [0.1, 0.15) is 0 Å². The molecular weight excluding hydrogens is 478 g/mol. The van der Waals surface area contributed by atoms with E-state index in [1.54, 1.807) is 0 Å². The number of benzene rings is 3. The first-order chi connectivity index (χ1) is 18.4. The molecule has 2 aliphatic heterocycles. The summed E-state index contributed by atoms with van der Waals surface area (Å²) in [4.78, 5) is 29.4. The van der Waals surface area contributed by atoms with E-state index in [0.717, 1.165) is 35.3 Å². The van der Waals surface area contributed by atoms with Crippen LogP contribution >= 0.6 is 0 Å². The van der Waals surface area contributed by atoms with E-state index < -0.39 is 30.1 Å². The first-order valence-electron chi connectivity index (χ1n) is 13.4. The van der Waals surface area contributed by atoms with Crippen LogP contribution in [0.15, 0.2) is 72.8 Å². The van der Waals surface area contributed by atoms with Gasteiger partial charge >= 0.3 is 0 Å². The molecule has 3 aromatic carbocycles. The van der Waals surface area contributed by atoms with Crippen LogP contribution in [0.1, 0.15) is 42.5 Å². The maximum absolute atomic E-state index is 12.8. The lowest BCUT2D eigenvalue weighted by molar-refractivity contribution is -0.154. The van der Waals surface area contributed by atoms with Crippen molar-refractivity contribution in [3.05, 3.63) is 89.5 Å². The van der Waals surface area contributed by atoms with Crippen molar-refractivity contribution < 1.29 is 19.8 Å². The van der Waals surface area contributed by atoms with Crippen molar-refractivity contribution in [1.29, 1.82) is 0 Å². The van der Waals surface area contributed by atoms with Crippen LogP contribution in [0.5, 0.6) is 0 Å². The Kier molecular flexibility index (Phi) is 7.77. The van der Waals surface area contributed by atoms with E-state index in [-0.39, 0.29) is 0 Å². The Bertz CT molecular complexity index is 1290. The number of fused-ring (bicyclic) bond motifs is 1. The Hall–Kier alpha value is -3.68. The fourth-order valence-corrected chi connectivity index (χ4v) is 5.35. The normalized spacial score (nSPS) is 17.4. The minimum absolute atomic E-state index is 0.351. The molecule has 0 bridgehead atoms. The number of amides is 2. The molecule has 1 saturated heterocycles. The third kappa shape index (κ3) is 5.59. The minimum atomic E-state index is -1.85. The highest BCUT2D eigenvalue weighted by Gasteiger charge is 2.35. The van der Waals surface area contributed by atoms with Gasteiger partial charge < -0.3 is 25.3 Å². The van der Waals surface area contributed by atoms with Gasteiger partial charge in [0.15, 0.2) is 12.2 Å². The van der Waals surface area contributed by atoms with Crippen molar-refractivity contribution in [2.24, 2.45) is 0 Å². The molecule has 1 unspecified atom stereocenters. The van der Waals surface area contributed by atoms with Crippen molar-refractivity contribution in [3.63, 3.8) is 0 Å². The Morgan fingerprint density at radius 3 is 2.26 bits per heavy atom. The van der Waals surface area contributed by atoms with Gasteiger partial charge in [-0.15, -0.1) is 0 Å². The molecule has 7 heteroatoms. The molecule has 1 fully saturated rings. The van der Waals surface area contributed by atoms with Crippen LogP contribution < -0.4 is 10.2 Å². The third-order valence-electron chi connectivity index (χ3n) is 7.68. The zero-order valence-corrected chi connectivity index (χ0v) is 21.7. The van der Waals surface area contributed by atoms with E-state index in [1.807, 2.05) is 55.5 Å². The summed E-state index contributed by atoms with van der Waals surface area (Å²) in [6, 6.07) is 23.9. The number of nitrogens with zero attached hydrogens (tertiary/aromatic N) is 2. The molecule has 7 nitrogen and oxygen atoms in total.